The van der Waals surface area contributed by atoms with E-state index in [1.54, 1.807) is 12.1 Å². The molecule has 0 bridgehead atoms. The summed E-state index contributed by atoms with van der Waals surface area (Å²) in [5.41, 5.74) is 1.91. The second-order valence-corrected chi connectivity index (χ2v) is 4.79. The first-order chi connectivity index (χ1) is 10.7. The number of hydrogen-bond donors (Lipinski definition) is 1. The van der Waals surface area contributed by atoms with Gasteiger partial charge in [-0.05, 0) is 36.4 Å². The van der Waals surface area contributed by atoms with Crippen LogP contribution in [-0.4, -0.2) is 4.92 Å². The molecule has 0 unspecified atom stereocenters. The summed E-state index contributed by atoms with van der Waals surface area (Å²) in [5.74, 6) is 1.50. The first-order valence-electron chi connectivity index (χ1n) is 6.85. The normalized spacial score (nSPS) is 10.4. The highest BCUT2D eigenvalue weighted by atomic mass is 16.6. The van der Waals surface area contributed by atoms with E-state index < -0.39 is 4.92 Å². The van der Waals surface area contributed by atoms with Crippen LogP contribution >= 0.6 is 0 Å². The Balaban J connectivity index is 1.69. The Morgan fingerprint density at radius 3 is 2.36 bits per heavy atom. The van der Waals surface area contributed by atoms with Crippen molar-refractivity contribution in [2.75, 3.05) is 5.32 Å². The number of nitro benzene ring substituents is 1. The van der Waals surface area contributed by atoms with Gasteiger partial charge in [-0.3, -0.25) is 10.1 Å². The number of nitrogens with zero attached hydrogens (tertiary/aromatic N) is 1. The molecule has 5 heteroatoms. The van der Waals surface area contributed by atoms with Crippen LogP contribution in [0.2, 0.25) is 0 Å². The summed E-state index contributed by atoms with van der Waals surface area (Å²) in [6.07, 6.45) is 0. The van der Waals surface area contributed by atoms with Crippen LogP contribution < -0.4 is 5.32 Å². The van der Waals surface area contributed by atoms with Crippen LogP contribution in [0.5, 0.6) is 0 Å². The molecule has 0 saturated heterocycles. The lowest BCUT2D eigenvalue weighted by Gasteiger charge is -2.03. The summed E-state index contributed by atoms with van der Waals surface area (Å²) in [6.45, 7) is 0.580. The first-order valence-corrected chi connectivity index (χ1v) is 6.85. The molecule has 0 radical (unpaired) electrons. The summed E-state index contributed by atoms with van der Waals surface area (Å²) in [5, 5.41) is 13.9. The molecule has 0 fully saturated rings. The molecule has 0 atom stereocenters. The largest absolute Gasteiger partial charge is 0.459 e. The van der Waals surface area contributed by atoms with Crippen LogP contribution in [0.4, 0.5) is 11.4 Å². The van der Waals surface area contributed by atoms with Gasteiger partial charge in [0, 0.05) is 23.4 Å². The number of benzene rings is 2. The van der Waals surface area contributed by atoms with E-state index in [4.69, 9.17) is 4.42 Å². The number of para-hydroxylation sites is 1. The SMILES string of the molecule is O=[N+]([O-])c1ccc(-c2ccc(CNc3ccccc3)o2)cc1. The van der Waals surface area contributed by atoms with Crippen molar-refractivity contribution in [1.29, 1.82) is 0 Å². The number of rotatable bonds is 5. The summed E-state index contributed by atoms with van der Waals surface area (Å²) in [6, 6.07) is 19.9. The zero-order valence-electron chi connectivity index (χ0n) is 11.7. The maximum Gasteiger partial charge on any atom is 0.269 e. The van der Waals surface area contributed by atoms with E-state index in [0.717, 1.165) is 17.0 Å². The third-order valence-electron chi connectivity index (χ3n) is 3.26. The van der Waals surface area contributed by atoms with Gasteiger partial charge in [-0.25, -0.2) is 0 Å². The number of anilines is 1. The molecule has 0 aliphatic carbocycles. The predicted octanol–water partition coefficient (Wildman–Crippen LogP) is 4.47. The fourth-order valence-electron chi connectivity index (χ4n) is 2.12. The van der Waals surface area contributed by atoms with Gasteiger partial charge in [0.15, 0.2) is 0 Å². The maximum absolute atomic E-state index is 10.6. The van der Waals surface area contributed by atoms with Gasteiger partial charge in [-0.1, -0.05) is 18.2 Å². The Morgan fingerprint density at radius 2 is 1.68 bits per heavy atom. The van der Waals surface area contributed by atoms with E-state index in [9.17, 15) is 10.1 Å². The third kappa shape index (κ3) is 3.15. The molecule has 0 saturated carbocycles. The molecule has 110 valence electrons. The van der Waals surface area contributed by atoms with Crippen molar-refractivity contribution in [3.63, 3.8) is 0 Å². The fourth-order valence-corrected chi connectivity index (χ4v) is 2.12. The Bertz CT molecular complexity index is 764. The summed E-state index contributed by atoms with van der Waals surface area (Å²) < 4.78 is 5.76. The van der Waals surface area contributed by atoms with Crippen molar-refractivity contribution in [1.82, 2.24) is 0 Å². The lowest BCUT2D eigenvalue weighted by molar-refractivity contribution is -0.384. The number of hydrogen-bond acceptors (Lipinski definition) is 4. The fraction of sp³-hybridized carbons (Fsp3) is 0.0588. The number of nitrogens with one attached hydrogen (secondary N) is 1. The molecule has 0 aliphatic heterocycles. The maximum atomic E-state index is 10.6. The van der Waals surface area contributed by atoms with Crippen LogP contribution in [0.25, 0.3) is 11.3 Å². The Hall–Kier alpha value is -3.08. The van der Waals surface area contributed by atoms with E-state index in [1.807, 2.05) is 42.5 Å². The van der Waals surface area contributed by atoms with E-state index >= 15 is 0 Å². The minimum atomic E-state index is -0.416. The highest BCUT2D eigenvalue weighted by molar-refractivity contribution is 5.59. The van der Waals surface area contributed by atoms with Gasteiger partial charge in [0.2, 0.25) is 0 Å². The van der Waals surface area contributed by atoms with Crippen LogP contribution in [0, 0.1) is 10.1 Å². The molecule has 0 amide bonds. The monoisotopic (exact) mass is 294 g/mol. The van der Waals surface area contributed by atoms with Crippen LogP contribution in [-0.2, 0) is 6.54 Å². The highest BCUT2D eigenvalue weighted by Gasteiger charge is 2.08. The molecule has 1 N–H and O–H groups in total. The highest BCUT2D eigenvalue weighted by Crippen LogP contribution is 2.24. The molecule has 0 spiro atoms. The molecule has 2 aromatic carbocycles. The average Bonchev–Trinajstić information content (AvgIpc) is 3.03. The van der Waals surface area contributed by atoms with E-state index in [2.05, 4.69) is 5.32 Å². The molecular weight excluding hydrogens is 280 g/mol. The molecule has 5 nitrogen and oxygen atoms in total. The topological polar surface area (TPSA) is 68.3 Å². The molecular formula is C17H14N2O3. The van der Waals surface area contributed by atoms with Gasteiger partial charge in [0.1, 0.15) is 11.5 Å². The first kappa shape index (κ1) is 13.9. The molecule has 3 aromatic rings. The molecule has 1 heterocycles. The van der Waals surface area contributed by atoms with Crippen molar-refractivity contribution in [3.8, 4) is 11.3 Å². The number of nitro groups is 1. The zero-order valence-corrected chi connectivity index (χ0v) is 11.7. The van der Waals surface area contributed by atoms with E-state index in [1.165, 1.54) is 12.1 Å². The van der Waals surface area contributed by atoms with Gasteiger partial charge in [0.05, 0.1) is 11.5 Å². The van der Waals surface area contributed by atoms with Gasteiger partial charge in [-0.15, -0.1) is 0 Å². The van der Waals surface area contributed by atoms with Crippen molar-refractivity contribution >= 4 is 11.4 Å². The van der Waals surface area contributed by atoms with Crippen LogP contribution in [0.3, 0.4) is 0 Å². The summed E-state index contributed by atoms with van der Waals surface area (Å²) >= 11 is 0. The molecule has 3 rings (SSSR count). The number of furan rings is 1. The second-order valence-electron chi connectivity index (χ2n) is 4.79. The Morgan fingerprint density at radius 1 is 0.955 bits per heavy atom. The van der Waals surface area contributed by atoms with Crippen molar-refractivity contribution < 1.29 is 9.34 Å². The molecule has 1 aromatic heterocycles. The quantitative estimate of drug-likeness (QED) is 0.557. The number of non-ortho nitro benzene ring substituents is 1. The van der Waals surface area contributed by atoms with Gasteiger partial charge >= 0.3 is 0 Å². The lowest BCUT2D eigenvalue weighted by Crippen LogP contribution is -1.97. The third-order valence-corrected chi connectivity index (χ3v) is 3.26. The summed E-state index contributed by atoms with van der Waals surface area (Å²) in [4.78, 5) is 10.2. The lowest BCUT2D eigenvalue weighted by atomic mass is 10.1. The predicted molar refractivity (Wildman–Crippen MR) is 84.6 cm³/mol. The Labute approximate surface area is 127 Å². The van der Waals surface area contributed by atoms with Crippen LogP contribution in [0.1, 0.15) is 5.76 Å². The van der Waals surface area contributed by atoms with E-state index in [0.29, 0.717) is 12.3 Å². The standard InChI is InChI=1S/C17H14N2O3/c20-19(21)15-8-6-13(7-9-15)17-11-10-16(22-17)12-18-14-4-2-1-3-5-14/h1-11,18H,12H2. The smallest absolute Gasteiger partial charge is 0.269 e. The van der Waals surface area contributed by atoms with Crippen molar-refractivity contribution in [2.24, 2.45) is 0 Å². The average molecular weight is 294 g/mol. The zero-order chi connectivity index (χ0) is 15.4. The minimum absolute atomic E-state index is 0.0706. The second kappa shape index (κ2) is 6.13. The van der Waals surface area contributed by atoms with Crippen molar-refractivity contribution in [2.45, 2.75) is 6.54 Å². The van der Waals surface area contributed by atoms with Crippen LogP contribution in [0.15, 0.2) is 71.1 Å². The molecule has 0 aliphatic rings. The molecule has 22 heavy (non-hydrogen) atoms. The summed E-state index contributed by atoms with van der Waals surface area (Å²) in [7, 11) is 0. The van der Waals surface area contributed by atoms with E-state index in [-0.39, 0.29) is 5.69 Å². The minimum Gasteiger partial charge on any atom is -0.459 e. The van der Waals surface area contributed by atoms with Gasteiger partial charge in [0.25, 0.3) is 5.69 Å². The van der Waals surface area contributed by atoms with Gasteiger partial charge < -0.3 is 9.73 Å². The van der Waals surface area contributed by atoms with Crippen molar-refractivity contribution in [3.05, 3.63) is 82.6 Å². The Kier molecular flexibility index (Phi) is 3.87. The van der Waals surface area contributed by atoms with Gasteiger partial charge in [-0.2, -0.15) is 0 Å².